The van der Waals surface area contributed by atoms with Gasteiger partial charge in [0.2, 0.25) is 0 Å². The van der Waals surface area contributed by atoms with Gasteiger partial charge in [0.1, 0.15) is 0 Å². The van der Waals surface area contributed by atoms with Crippen LogP contribution in [0.15, 0.2) is 30.3 Å². The van der Waals surface area contributed by atoms with E-state index >= 15 is 0 Å². The van der Waals surface area contributed by atoms with E-state index in [0.717, 1.165) is 12.6 Å². The van der Waals surface area contributed by atoms with E-state index in [1.165, 1.54) is 39.3 Å². The van der Waals surface area contributed by atoms with Crippen LogP contribution in [0, 0.1) is 13.8 Å². The summed E-state index contributed by atoms with van der Waals surface area (Å²) >= 11 is 1.88. The molecule has 1 heterocycles. The molecule has 94 valence electrons. The first kappa shape index (κ1) is 11.9. The van der Waals surface area contributed by atoms with Crippen molar-refractivity contribution in [2.45, 2.75) is 39.3 Å². The normalized spacial score (nSPS) is 15.0. The third kappa shape index (κ3) is 2.65. The number of benzene rings is 1. The zero-order valence-corrected chi connectivity index (χ0v) is 11.8. The molecule has 1 fully saturated rings. The Labute approximate surface area is 113 Å². The summed E-state index contributed by atoms with van der Waals surface area (Å²) < 4.78 is 0. The molecule has 1 aromatic heterocycles. The summed E-state index contributed by atoms with van der Waals surface area (Å²) in [6.07, 6.45) is 2.70. The maximum absolute atomic E-state index is 3.58. The summed E-state index contributed by atoms with van der Waals surface area (Å²) in [5.74, 6) is 0. The Hall–Kier alpha value is -1.12. The standard InChI is InChI=1S/C16H19NS/c1-11-3-5-13(10-17-14-6-7-14)9-15(11)16-8-4-12(2)18-16/h3-5,8-9,14,17H,6-7,10H2,1-2H3. The zero-order valence-electron chi connectivity index (χ0n) is 11.0. The summed E-state index contributed by atoms with van der Waals surface area (Å²) in [7, 11) is 0. The average Bonchev–Trinajstić information content (AvgIpc) is 3.10. The van der Waals surface area contributed by atoms with Crippen molar-refractivity contribution in [2.24, 2.45) is 0 Å². The van der Waals surface area contributed by atoms with Crippen LogP contribution >= 0.6 is 11.3 Å². The van der Waals surface area contributed by atoms with Gasteiger partial charge in [-0.25, -0.2) is 0 Å². The van der Waals surface area contributed by atoms with E-state index in [1.807, 2.05) is 11.3 Å². The fraction of sp³-hybridized carbons (Fsp3) is 0.375. The van der Waals surface area contributed by atoms with Gasteiger partial charge in [0.05, 0.1) is 0 Å². The van der Waals surface area contributed by atoms with Crippen molar-refractivity contribution in [3.8, 4) is 10.4 Å². The van der Waals surface area contributed by atoms with Crippen molar-refractivity contribution in [1.29, 1.82) is 0 Å². The minimum Gasteiger partial charge on any atom is -0.310 e. The minimum atomic E-state index is 0.777. The van der Waals surface area contributed by atoms with E-state index in [-0.39, 0.29) is 0 Å². The third-order valence-electron chi connectivity index (χ3n) is 3.48. The Morgan fingerprint density at radius 1 is 1.17 bits per heavy atom. The predicted molar refractivity (Wildman–Crippen MR) is 79.1 cm³/mol. The number of thiophene rings is 1. The Morgan fingerprint density at radius 3 is 2.67 bits per heavy atom. The van der Waals surface area contributed by atoms with E-state index in [1.54, 1.807) is 0 Å². The van der Waals surface area contributed by atoms with Gasteiger partial charge >= 0.3 is 0 Å². The van der Waals surface area contributed by atoms with Crippen LogP contribution in [0.1, 0.15) is 28.8 Å². The lowest BCUT2D eigenvalue weighted by Crippen LogP contribution is -2.15. The van der Waals surface area contributed by atoms with Crippen LogP contribution in [0.25, 0.3) is 10.4 Å². The molecule has 0 amide bonds. The zero-order chi connectivity index (χ0) is 12.5. The van der Waals surface area contributed by atoms with Crippen LogP contribution < -0.4 is 5.32 Å². The number of aryl methyl sites for hydroxylation is 2. The summed E-state index contributed by atoms with van der Waals surface area (Å²) in [6, 6.07) is 12.0. The molecule has 1 aliphatic rings. The van der Waals surface area contributed by atoms with Crippen LogP contribution in [-0.2, 0) is 6.54 Å². The fourth-order valence-electron chi connectivity index (χ4n) is 2.17. The summed E-state index contributed by atoms with van der Waals surface area (Å²) in [5.41, 5.74) is 4.16. The Morgan fingerprint density at radius 2 is 2.00 bits per heavy atom. The minimum absolute atomic E-state index is 0.777. The van der Waals surface area contributed by atoms with E-state index < -0.39 is 0 Å². The number of nitrogens with one attached hydrogen (secondary N) is 1. The Bertz CT molecular complexity index is 552. The number of rotatable bonds is 4. The second kappa shape index (κ2) is 4.87. The molecule has 0 saturated heterocycles. The van der Waals surface area contributed by atoms with E-state index in [9.17, 15) is 0 Å². The van der Waals surface area contributed by atoms with Crippen LogP contribution in [-0.4, -0.2) is 6.04 Å². The van der Waals surface area contributed by atoms with Crippen LogP contribution in [0.3, 0.4) is 0 Å². The van der Waals surface area contributed by atoms with Crippen LogP contribution in [0.5, 0.6) is 0 Å². The molecule has 1 N–H and O–H groups in total. The van der Waals surface area contributed by atoms with Gasteiger partial charge in [-0.15, -0.1) is 11.3 Å². The highest BCUT2D eigenvalue weighted by molar-refractivity contribution is 7.15. The lowest BCUT2D eigenvalue weighted by Gasteiger charge is -2.08. The van der Waals surface area contributed by atoms with Gasteiger partial charge in [0.15, 0.2) is 0 Å². The molecule has 1 saturated carbocycles. The van der Waals surface area contributed by atoms with Crippen molar-refractivity contribution >= 4 is 11.3 Å². The summed E-state index contributed by atoms with van der Waals surface area (Å²) in [4.78, 5) is 2.77. The van der Waals surface area contributed by atoms with Gasteiger partial charge in [-0.05, 0) is 61.6 Å². The van der Waals surface area contributed by atoms with E-state index in [4.69, 9.17) is 0 Å². The highest BCUT2D eigenvalue weighted by Gasteiger charge is 2.20. The van der Waals surface area contributed by atoms with E-state index in [0.29, 0.717) is 0 Å². The number of hydrogen-bond acceptors (Lipinski definition) is 2. The molecule has 2 heteroatoms. The van der Waals surface area contributed by atoms with Crippen molar-refractivity contribution in [2.75, 3.05) is 0 Å². The molecule has 0 atom stereocenters. The van der Waals surface area contributed by atoms with Gasteiger partial charge in [0, 0.05) is 22.3 Å². The molecule has 0 bridgehead atoms. The lowest BCUT2D eigenvalue weighted by atomic mass is 10.0. The molecule has 0 radical (unpaired) electrons. The first-order chi connectivity index (χ1) is 8.72. The summed E-state index contributed by atoms with van der Waals surface area (Å²) in [5, 5.41) is 3.58. The molecule has 2 aromatic rings. The lowest BCUT2D eigenvalue weighted by molar-refractivity contribution is 0.688. The maximum Gasteiger partial charge on any atom is 0.0348 e. The average molecular weight is 257 g/mol. The van der Waals surface area contributed by atoms with Crippen molar-refractivity contribution in [3.63, 3.8) is 0 Å². The smallest absolute Gasteiger partial charge is 0.0348 e. The van der Waals surface area contributed by atoms with Gasteiger partial charge in [-0.1, -0.05) is 12.1 Å². The SMILES string of the molecule is Cc1ccc(-c2cc(CNC3CC3)ccc2C)s1. The molecule has 0 spiro atoms. The predicted octanol–water partition coefficient (Wildman–Crippen LogP) is 4.28. The Kier molecular flexibility index (Phi) is 3.23. The van der Waals surface area contributed by atoms with Crippen LogP contribution in [0.2, 0.25) is 0 Å². The third-order valence-corrected chi connectivity index (χ3v) is 4.51. The molecule has 1 nitrogen and oxygen atoms in total. The molecular formula is C16H19NS. The van der Waals surface area contributed by atoms with Gasteiger partial charge in [-0.3, -0.25) is 0 Å². The highest BCUT2D eigenvalue weighted by atomic mass is 32.1. The highest BCUT2D eigenvalue weighted by Crippen LogP contribution is 2.31. The molecule has 3 rings (SSSR count). The number of hydrogen-bond donors (Lipinski definition) is 1. The quantitative estimate of drug-likeness (QED) is 0.862. The Balaban J connectivity index is 1.85. The monoisotopic (exact) mass is 257 g/mol. The van der Waals surface area contributed by atoms with Crippen molar-refractivity contribution in [3.05, 3.63) is 46.3 Å². The van der Waals surface area contributed by atoms with Crippen LogP contribution in [0.4, 0.5) is 0 Å². The molecule has 1 aromatic carbocycles. The second-order valence-electron chi connectivity index (χ2n) is 5.21. The first-order valence-corrected chi connectivity index (χ1v) is 7.44. The first-order valence-electron chi connectivity index (χ1n) is 6.62. The van der Waals surface area contributed by atoms with Crippen molar-refractivity contribution < 1.29 is 0 Å². The molecule has 0 aliphatic heterocycles. The largest absolute Gasteiger partial charge is 0.310 e. The molecule has 1 aliphatic carbocycles. The summed E-state index contributed by atoms with van der Waals surface area (Å²) in [6.45, 7) is 5.37. The van der Waals surface area contributed by atoms with Gasteiger partial charge in [-0.2, -0.15) is 0 Å². The maximum atomic E-state index is 3.58. The van der Waals surface area contributed by atoms with Crippen molar-refractivity contribution in [1.82, 2.24) is 5.32 Å². The molecule has 18 heavy (non-hydrogen) atoms. The topological polar surface area (TPSA) is 12.0 Å². The van der Waals surface area contributed by atoms with Gasteiger partial charge in [0.25, 0.3) is 0 Å². The molecule has 0 unspecified atom stereocenters. The van der Waals surface area contributed by atoms with E-state index in [2.05, 4.69) is 49.5 Å². The van der Waals surface area contributed by atoms with Gasteiger partial charge < -0.3 is 5.32 Å². The fourth-order valence-corrected chi connectivity index (χ4v) is 3.12. The second-order valence-corrected chi connectivity index (χ2v) is 6.50. The molecular weight excluding hydrogens is 238 g/mol.